The van der Waals surface area contributed by atoms with E-state index in [1.165, 1.54) is 6.07 Å². The molecule has 0 amide bonds. The van der Waals surface area contributed by atoms with Gasteiger partial charge in [0.1, 0.15) is 5.82 Å². The molecule has 0 radical (unpaired) electrons. The van der Waals surface area contributed by atoms with Crippen LogP contribution in [0.2, 0.25) is 0 Å². The van der Waals surface area contributed by atoms with Crippen molar-refractivity contribution in [1.82, 2.24) is 0 Å². The Kier molecular flexibility index (Phi) is 2.90. The van der Waals surface area contributed by atoms with Crippen molar-refractivity contribution >= 4 is 5.69 Å². The Labute approximate surface area is 102 Å². The third-order valence-electron chi connectivity index (χ3n) is 3.54. The zero-order chi connectivity index (χ0) is 12.8. The van der Waals surface area contributed by atoms with Crippen molar-refractivity contribution in [3.05, 3.63) is 29.6 Å². The summed E-state index contributed by atoms with van der Waals surface area (Å²) in [5, 5.41) is 10.2. The number of halogens is 1. The molecule has 0 saturated heterocycles. The van der Waals surface area contributed by atoms with E-state index < -0.39 is 5.60 Å². The molecule has 0 saturated carbocycles. The van der Waals surface area contributed by atoms with Crippen LogP contribution in [0.1, 0.15) is 39.2 Å². The fraction of sp³-hybridized carbons (Fsp3) is 0.571. The van der Waals surface area contributed by atoms with E-state index in [4.69, 9.17) is 0 Å². The standard InChI is InChI=1S/C14H20FNO/c1-9(2)16-8-10(14(3,4)17)13-11(15)6-5-7-12(13)16/h5-7,9-10,17H,8H2,1-4H3. The number of anilines is 1. The Bertz CT molecular complexity index is 423. The third-order valence-corrected chi connectivity index (χ3v) is 3.54. The van der Waals surface area contributed by atoms with Crippen LogP contribution in [0.5, 0.6) is 0 Å². The molecule has 1 N–H and O–H groups in total. The summed E-state index contributed by atoms with van der Waals surface area (Å²) in [5.74, 6) is -0.376. The zero-order valence-electron chi connectivity index (χ0n) is 10.9. The van der Waals surface area contributed by atoms with Gasteiger partial charge in [-0.1, -0.05) is 6.07 Å². The largest absolute Gasteiger partial charge is 0.390 e. The molecule has 1 aliphatic rings. The summed E-state index contributed by atoms with van der Waals surface area (Å²) in [6.07, 6.45) is 0. The van der Waals surface area contributed by atoms with Gasteiger partial charge in [0.25, 0.3) is 0 Å². The molecule has 1 aliphatic heterocycles. The van der Waals surface area contributed by atoms with E-state index in [0.717, 1.165) is 5.69 Å². The van der Waals surface area contributed by atoms with Crippen molar-refractivity contribution in [3.8, 4) is 0 Å². The normalized spacial score (nSPS) is 19.9. The SMILES string of the molecule is CC(C)N1CC(C(C)(C)O)c2c(F)cccc21. The average Bonchev–Trinajstić information content (AvgIpc) is 2.57. The van der Waals surface area contributed by atoms with Crippen LogP contribution in [0, 0.1) is 5.82 Å². The van der Waals surface area contributed by atoms with Crippen LogP contribution >= 0.6 is 0 Å². The average molecular weight is 237 g/mol. The molecule has 0 fully saturated rings. The lowest BCUT2D eigenvalue weighted by molar-refractivity contribution is 0.0535. The van der Waals surface area contributed by atoms with E-state index in [1.807, 2.05) is 6.07 Å². The summed E-state index contributed by atoms with van der Waals surface area (Å²) < 4.78 is 14.0. The predicted octanol–water partition coefficient (Wildman–Crippen LogP) is 2.91. The van der Waals surface area contributed by atoms with Gasteiger partial charge >= 0.3 is 0 Å². The van der Waals surface area contributed by atoms with Gasteiger partial charge in [0.15, 0.2) is 0 Å². The van der Waals surface area contributed by atoms with Gasteiger partial charge < -0.3 is 10.0 Å². The highest BCUT2D eigenvalue weighted by Gasteiger charge is 2.40. The molecule has 3 heteroatoms. The van der Waals surface area contributed by atoms with Crippen LogP contribution in [0.4, 0.5) is 10.1 Å². The van der Waals surface area contributed by atoms with Crippen LogP contribution < -0.4 is 4.90 Å². The number of hydrogen-bond acceptors (Lipinski definition) is 2. The third kappa shape index (κ3) is 2.04. The Morgan fingerprint density at radius 1 is 1.41 bits per heavy atom. The van der Waals surface area contributed by atoms with Crippen LogP contribution in [-0.4, -0.2) is 23.3 Å². The van der Waals surface area contributed by atoms with Crippen molar-refractivity contribution in [2.45, 2.75) is 45.3 Å². The van der Waals surface area contributed by atoms with Gasteiger partial charge in [-0.05, 0) is 39.8 Å². The molecule has 1 unspecified atom stereocenters. The Morgan fingerprint density at radius 3 is 2.59 bits per heavy atom. The summed E-state index contributed by atoms with van der Waals surface area (Å²) in [4.78, 5) is 2.15. The predicted molar refractivity (Wildman–Crippen MR) is 67.9 cm³/mol. The fourth-order valence-corrected chi connectivity index (χ4v) is 2.57. The zero-order valence-corrected chi connectivity index (χ0v) is 10.9. The summed E-state index contributed by atoms with van der Waals surface area (Å²) in [5.41, 5.74) is 0.682. The van der Waals surface area contributed by atoms with Gasteiger partial charge in [0.2, 0.25) is 0 Å². The van der Waals surface area contributed by atoms with Crippen LogP contribution in [0.25, 0.3) is 0 Å². The molecule has 2 rings (SSSR count). The molecule has 2 nitrogen and oxygen atoms in total. The number of fused-ring (bicyclic) bond motifs is 1. The van der Waals surface area contributed by atoms with Gasteiger partial charge in [-0.2, -0.15) is 0 Å². The minimum atomic E-state index is -0.902. The van der Waals surface area contributed by atoms with Gasteiger partial charge in [0.05, 0.1) is 5.60 Å². The van der Waals surface area contributed by atoms with E-state index in [2.05, 4.69) is 18.7 Å². The van der Waals surface area contributed by atoms with E-state index >= 15 is 0 Å². The molecule has 1 aromatic carbocycles. The summed E-state index contributed by atoms with van der Waals surface area (Å²) in [7, 11) is 0. The van der Waals surface area contributed by atoms with Gasteiger partial charge in [0, 0.05) is 29.8 Å². The molecule has 1 atom stereocenters. The van der Waals surface area contributed by atoms with Gasteiger partial charge in [-0.15, -0.1) is 0 Å². The Balaban J connectivity index is 2.53. The molecule has 17 heavy (non-hydrogen) atoms. The molecule has 0 bridgehead atoms. The molecule has 0 spiro atoms. The van der Waals surface area contributed by atoms with Crippen molar-refractivity contribution in [1.29, 1.82) is 0 Å². The second-order valence-electron chi connectivity index (χ2n) is 5.62. The molecular weight excluding hydrogens is 217 g/mol. The number of aliphatic hydroxyl groups is 1. The lowest BCUT2D eigenvalue weighted by Crippen LogP contribution is -2.36. The highest BCUT2D eigenvalue weighted by atomic mass is 19.1. The number of rotatable bonds is 2. The Morgan fingerprint density at radius 2 is 2.06 bits per heavy atom. The second-order valence-corrected chi connectivity index (χ2v) is 5.62. The highest BCUT2D eigenvalue weighted by Crippen LogP contribution is 2.43. The lowest BCUT2D eigenvalue weighted by atomic mass is 9.86. The topological polar surface area (TPSA) is 23.5 Å². The summed E-state index contributed by atoms with van der Waals surface area (Å²) in [6.45, 7) is 8.34. The maximum atomic E-state index is 14.0. The van der Waals surface area contributed by atoms with E-state index in [-0.39, 0.29) is 11.7 Å². The smallest absolute Gasteiger partial charge is 0.128 e. The summed E-state index contributed by atoms with van der Waals surface area (Å²) >= 11 is 0. The molecule has 1 aromatic rings. The first-order valence-corrected chi connectivity index (χ1v) is 6.09. The number of hydrogen-bond donors (Lipinski definition) is 1. The number of benzene rings is 1. The Hall–Kier alpha value is -1.09. The molecule has 1 heterocycles. The van der Waals surface area contributed by atoms with Crippen LogP contribution in [0.3, 0.4) is 0 Å². The van der Waals surface area contributed by atoms with Gasteiger partial charge in [-0.25, -0.2) is 4.39 Å². The fourth-order valence-electron chi connectivity index (χ4n) is 2.57. The molecule has 0 aromatic heterocycles. The van der Waals surface area contributed by atoms with Crippen LogP contribution in [-0.2, 0) is 0 Å². The van der Waals surface area contributed by atoms with Crippen molar-refractivity contribution in [2.24, 2.45) is 0 Å². The molecule has 0 aliphatic carbocycles. The van der Waals surface area contributed by atoms with Gasteiger partial charge in [-0.3, -0.25) is 0 Å². The highest BCUT2D eigenvalue weighted by molar-refractivity contribution is 5.62. The van der Waals surface area contributed by atoms with E-state index in [0.29, 0.717) is 18.2 Å². The lowest BCUT2D eigenvalue weighted by Gasteiger charge is -2.28. The van der Waals surface area contributed by atoms with E-state index in [9.17, 15) is 9.50 Å². The maximum Gasteiger partial charge on any atom is 0.128 e. The molecule has 94 valence electrons. The second kappa shape index (κ2) is 3.98. The minimum absolute atomic E-state index is 0.166. The first-order chi connectivity index (χ1) is 7.82. The van der Waals surface area contributed by atoms with Crippen molar-refractivity contribution in [3.63, 3.8) is 0 Å². The first kappa shape index (κ1) is 12.4. The molecular formula is C14H20FNO. The monoisotopic (exact) mass is 237 g/mol. The first-order valence-electron chi connectivity index (χ1n) is 6.09. The summed E-state index contributed by atoms with van der Waals surface area (Å²) in [6, 6.07) is 5.45. The van der Waals surface area contributed by atoms with E-state index in [1.54, 1.807) is 19.9 Å². The minimum Gasteiger partial charge on any atom is -0.390 e. The van der Waals surface area contributed by atoms with Crippen LogP contribution in [0.15, 0.2) is 18.2 Å². The quantitative estimate of drug-likeness (QED) is 0.855. The number of nitrogens with zero attached hydrogens (tertiary/aromatic N) is 1. The maximum absolute atomic E-state index is 14.0. The van der Waals surface area contributed by atoms with Crippen molar-refractivity contribution < 1.29 is 9.50 Å². The van der Waals surface area contributed by atoms with Crippen molar-refractivity contribution in [2.75, 3.05) is 11.4 Å².